The highest BCUT2D eigenvalue weighted by molar-refractivity contribution is 5.79. The standard InChI is InChI=1S/C12H10FNO2/c1-9(16)14-7-3-5-10-4-2-6-12(13)11(10)8-15/h2,4,6,8H,7H2,1H3,(H,14,16). The third kappa shape index (κ3) is 3.21. The Labute approximate surface area is 92.7 Å². The Hall–Kier alpha value is -2.15. The van der Waals surface area contributed by atoms with E-state index in [1.807, 2.05) is 0 Å². The minimum Gasteiger partial charge on any atom is -0.345 e. The zero-order valence-corrected chi connectivity index (χ0v) is 8.71. The number of nitrogens with one attached hydrogen (secondary N) is 1. The van der Waals surface area contributed by atoms with Crippen LogP contribution in [0, 0.1) is 17.7 Å². The second-order valence-electron chi connectivity index (χ2n) is 3.03. The number of hydrogen-bond donors (Lipinski definition) is 1. The van der Waals surface area contributed by atoms with Crippen molar-refractivity contribution in [2.75, 3.05) is 6.54 Å². The average Bonchev–Trinajstić information content (AvgIpc) is 2.24. The number of rotatable bonds is 2. The Morgan fingerprint density at radius 2 is 2.31 bits per heavy atom. The van der Waals surface area contributed by atoms with Crippen molar-refractivity contribution >= 4 is 12.2 Å². The SMILES string of the molecule is CC(=O)NCC#Cc1cccc(F)c1C=O. The second kappa shape index (κ2) is 5.66. The first-order chi connectivity index (χ1) is 7.65. The molecule has 1 rings (SSSR count). The molecule has 0 fully saturated rings. The lowest BCUT2D eigenvalue weighted by atomic mass is 10.1. The lowest BCUT2D eigenvalue weighted by molar-refractivity contribution is -0.118. The highest BCUT2D eigenvalue weighted by Gasteiger charge is 2.04. The van der Waals surface area contributed by atoms with Gasteiger partial charge in [0.25, 0.3) is 0 Å². The molecular formula is C12H10FNO2. The molecule has 1 aromatic carbocycles. The number of halogens is 1. The maximum absolute atomic E-state index is 13.1. The number of benzene rings is 1. The summed E-state index contributed by atoms with van der Waals surface area (Å²) >= 11 is 0. The molecule has 0 radical (unpaired) electrons. The van der Waals surface area contributed by atoms with Gasteiger partial charge < -0.3 is 5.32 Å². The number of carbonyl (C=O) groups is 2. The van der Waals surface area contributed by atoms with Crippen LogP contribution >= 0.6 is 0 Å². The van der Waals surface area contributed by atoms with E-state index in [0.29, 0.717) is 11.8 Å². The van der Waals surface area contributed by atoms with Crippen LogP contribution < -0.4 is 5.32 Å². The normalized spacial score (nSPS) is 8.88. The van der Waals surface area contributed by atoms with Gasteiger partial charge in [0, 0.05) is 12.5 Å². The van der Waals surface area contributed by atoms with E-state index in [9.17, 15) is 14.0 Å². The summed E-state index contributed by atoms with van der Waals surface area (Å²) in [6.45, 7) is 1.55. The van der Waals surface area contributed by atoms with Crippen molar-refractivity contribution in [2.45, 2.75) is 6.92 Å². The first-order valence-corrected chi connectivity index (χ1v) is 4.62. The average molecular weight is 219 g/mol. The van der Waals surface area contributed by atoms with Gasteiger partial charge in [-0.25, -0.2) is 4.39 Å². The van der Waals surface area contributed by atoms with E-state index < -0.39 is 5.82 Å². The Bertz CT molecular complexity index is 472. The molecule has 16 heavy (non-hydrogen) atoms. The minimum absolute atomic E-state index is 0.0576. The predicted octanol–water partition coefficient (Wildman–Crippen LogP) is 1.13. The minimum atomic E-state index is -0.596. The van der Waals surface area contributed by atoms with Gasteiger partial charge >= 0.3 is 0 Å². The molecule has 1 amide bonds. The van der Waals surface area contributed by atoms with Crippen LogP contribution in [0.4, 0.5) is 4.39 Å². The zero-order chi connectivity index (χ0) is 12.0. The van der Waals surface area contributed by atoms with Gasteiger partial charge in [0.1, 0.15) is 5.82 Å². The fourth-order valence-electron chi connectivity index (χ4n) is 1.07. The van der Waals surface area contributed by atoms with E-state index >= 15 is 0 Å². The number of hydrogen-bond acceptors (Lipinski definition) is 2. The van der Waals surface area contributed by atoms with Crippen molar-refractivity contribution in [1.82, 2.24) is 5.32 Å². The summed E-state index contributed by atoms with van der Waals surface area (Å²) in [5, 5.41) is 2.47. The quantitative estimate of drug-likeness (QED) is 0.598. The molecule has 0 atom stereocenters. The van der Waals surface area contributed by atoms with Crippen LogP contribution in [0.1, 0.15) is 22.8 Å². The maximum atomic E-state index is 13.1. The molecule has 4 heteroatoms. The molecule has 0 aliphatic rings. The van der Waals surface area contributed by atoms with Crippen LogP contribution in [0.25, 0.3) is 0 Å². The van der Waals surface area contributed by atoms with Crippen molar-refractivity contribution in [2.24, 2.45) is 0 Å². The molecule has 1 N–H and O–H groups in total. The first-order valence-electron chi connectivity index (χ1n) is 4.62. The molecule has 0 bridgehead atoms. The van der Waals surface area contributed by atoms with E-state index in [0.717, 1.165) is 0 Å². The van der Waals surface area contributed by atoms with Crippen molar-refractivity contribution < 1.29 is 14.0 Å². The zero-order valence-electron chi connectivity index (χ0n) is 8.71. The predicted molar refractivity (Wildman–Crippen MR) is 57.3 cm³/mol. The molecule has 0 unspecified atom stereocenters. The van der Waals surface area contributed by atoms with Crippen molar-refractivity contribution in [3.05, 3.63) is 35.1 Å². The maximum Gasteiger partial charge on any atom is 0.217 e. The largest absolute Gasteiger partial charge is 0.345 e. The van der Waals surface area contributed by atoms with Crippen LogP contribution in [-0.2, 0) is 4.79 Å². The number of amides is 1. The molecule has 82 valence electrons. The Morgan fingerprint density at radius 3 is 2.94 bits per heavy atom. The van der Waals surface area contributed by atoms with E-state index in [1.165, 1.54) is 19.1 Å². The van der Waals surface area contributed by atoms with E-state index in [4.69, 9.17) is 0 Å². The van der Waals surface area contributed by atoms with Gasteiger partial charge in [0.05, 0.1) is 12.1 Å². The van der Waals surface area contributed by atoms with Gasteiger partial charge in [-0.2, -0.15) is 0 Å². The third-order valence-electron chi connectivity index (χ3n) is 1.82. The van der Waals surface area contributed by atoms with Gasteiger partial charge in [0.15, 0.2) is 6.29 Å². The molecule has 0 heterocycles. The molecule has 3 nitrogen and oxygen atoms in total. The monoisotopic (exact) mass is 219 g/mol. The van der Waals surface area contributed by atoms with Gasteiger partial charge in [-0.15, -0.1) is 0 Å². The van der Waals surface area contributed by atoms with Crippen LogP contribution in [0.2, 0.25) is 0 Å². The van der Waals surface area contributed by atoms with E-state index in [2.05, 4.69) is 17.2 Å². The molecule has 0 aliphatic heterocycles. The number of carbonyl (C=O) groups excluding carboxylic acids is 2. The van der Waals surface area contributed by atoms with Gasteiger partial charge in [-0.3, -0.25) is 9.59 Å². The highest BCUT2D eigenvalue weighted by Crippen LogP contribution is 2.09. The van der Waals surface area contributed by atoms with Crippen LogP contribution in [0.5, 0.6) is 0 Å². The molecule has 0 aliphatic carbocycles. The van der Waals surface area contributed by atoms with Crippen molar-refractivity contribution in [3.8, 4) is 11.8 Å². The Kier molecular flexibility index (Phi) is 4.22. The van der Waals surface area contributed by atoms with Gasteiger partial charge in [0.2, 0.25) is 5.91 Å². The van der Waals surface area contributed by atoms with Crippen LogP contribution in [0.3, 0.4) is 0 Å². The smallest absolute Gasteiger partial charge is 0.217 e. The fraction of sp³-hybridized carbons (Fsp3) is 0.167. The van der Waals surface area contributed by atoms with Gasteiger partial charge in [-0.05, 0) is 12.1 Å². The summed E-state index contributed by atoms with van der Waals surface area (Å²) in [5.41, 5.74) is 0.262. The van der Waals surface area contributed by atoms with Gasteiger partial charge in [-0.1, -0.05) is 17.9 Å². The molecule has 0 saturated heterocycles. The molecular weight excluding hydrogens is 209 g/mol. The first kappa shape index (κ1) is 11.9. The molecule has 1 aromatic rings. The summed E-state index contributed by atoms with van der Waals surface area (Å²) < 4.78 is 13.1. The fourth-order valence-corrected chi connectivity index (χ4v) is 1.07. The Balaban J connectivity index is 2.84. The summed E-state index contributed by atoms with van der Waals surface area (Å²) in [4.78, 5) is 21.1. The highest BCUT2D eigenvalue weighted by atomic mass is 19.1. The Morgan fingerprint density at radius 1 is 1.56 bits per heavy atom. The molecule has 0 aromatic heterocycles. The summed E-state index contributed by atoms with van der Waals surface area (Å²) in [6.07, 6.45) is 0.428. The van der Waals surface area contributed by atoms with Crippen LogP contribution in [-0.4, -0.2) is 18.7 Å². The summed E-state index contributed by atoms with van der Waals surface area (Å²) in [7, 11) is 0. The summed E-state index contributed by atoms with van der Waals surface area (Å²) in [6, 6.07) is 4.22. The lowest BCUT2D eigenvalue weighted by Gasteiger charge is -1.97. The second-order valence-corrected chi connectivity index (χ2v) is 3.03. The third-order valence-corrected chi connectivity index (χ3v) is 1.82. The lowest BCUT2D eigenvalue weighted by Crippen LogP contribution is -2.19. The van der Waals surface area contributed by atoms with Crippen LogP contribution in [0.15, 0.2) is 18.2 Å². The number of aldehydes is 1. The van der Waals surface area contributed by atoms with Crippen molar-refractivity contribution in [3.63, 3.8) is 0 Å². The molecule has 0 spiro atoms. The van der Waals surface area contributed by atoms with E-state index in [-0.39, 0.29) is 18.0 Å². The van der Waals surface area contributed by atoms with E-state index in [1.54, 1.807) is 6.07 Å². The van der Waals surface area contributed by atoms with Crippen molar-refractivity contribution in [1.29, 1.82) is 0 Å². The molecule has 0 saturated carbocycles. The summed E-state index contributed by atoms with van der Waals surface area (Å²) in [5.74, 6) is 4.47. The topological polar surface area (TPSA) is 46.2 Å².